The molecule has 0 aromatic rings. The van der Waals surface area contributed by atoms with Crippen LogP contribution in [-0.2, 0) is 0 Å². The van der Waals surface area contributed by atoms with Crippen LogP contribution >= 0.6 is 0 Å². The van der Waals surface area contributed by atoms with Crippen LogP contribution in [-0.4, -0.2) is 54.1 Å². The number of nitrogens with zero attached hydrogens (tertiary/aromatic N) is 3. The van der Waals surface area contributed by atoms with Crippen molar-refractivity contribution < 1.29 is 17.6 Å². The van der Waals surface area contributed by atoms with Crippen LogP contribution < -0.4 is 21.7 Å². The second-order valence-corrected chi connectivity index (χ2v) is 7.90. The molecule has 162 valence electrons. The van der Waals surface area contributed by atoms with E-state index in [0.29, 0.717) is 30.5 Å². The highest BCUT2D eigenvalue weighted by Crippen LogP contribution is 2.36. The van der Waals surface area contributed by atoms with Gasteiger partial charge in [0.1, 0.15) is 11.9 Å². The highest BCUT2D eigenvalue weighted by atomic mass is 19.3. The molecule has 0 saturated heterocycles. The maximum absolute atomic E-state index is 13.4. The van der Waals surface area contributed by atoms with Gasteiger partial charge in [0.2, 0.25) is 17.8 Å². The van der Waals surface area contributed by atoms with Gasteiger partial charge in [0.25, 0.3) is 0 Å². The molecule has 1 heterocycles. The van der Waals surface area contributed by atoms with Gasteiger partial charge in [-0.1, -0.05) is 6.58 Å². The summed E-state index contributed by atoms with van der Waals surface area (Å²) in [5.41, 5.74) is 5.88. The van der Waals surface area contributed by atoms with Crippen molar-refractivity contribution in [3.8, 4) is 0 Å². The fraction of sp³-hybridized carbons (Fsp3) is 0.722. The molecular formula is C18H27F4N7. The van der Waals surface area contributed by atoms with E-state index in [1.165, 1.54) is 0 Å². The van der Waals surface area contributed by atoms with Crippen molar-refractivity contribution >= 4 is 17.6 Å². The first-order valence-electron chi connectivity index (χ1n) is 9.69. The van der Waals surface area contributed by atoms with Crippen molar-refractivity contribution in [2.75, 3.05) is 6.54 Å². The number of nitrogens with one attached hydrogen (secondary N) is 3. The van der Waals surface area contributed by atoms with Crippen LogP contribution in [0.5, 0.6) is 0 Å². The second-order valence-electron chi connectivity index (χ2n) is 7.90. The number of amidine groups is 2. The van der Waals surface area contributed by atoms with Crippen LogP contribution in [0.25, 0.3) is 0 Å². The van der Waals surface area contributed by atoms with Gasteiger partial charge in [-0.05, 0) is 19.8 Å². The summed E-state index contributed by atoms with van der Waals surface area (Å²) in [5.74, 6) is -4.16. The lowest BCUT2D eigenvalue weighted by Gasteiger charge is -2.21. The molecule has 3 aliphatic rings. The molecule has 1 aliphatic heterocycles. The fourth-order valence-electron chi connectivity index (χ4n) is 3.81. The molecule has 3 rings (SSSR count). The fourth-order valence-corrected chi connectivity index (χ4v) is 3.81. The predicted molar refractivity (Wildman–Crippen MR) is 105 cm³/mol. The van der Waals surface area contributed by atoms with E-state index in [4.69, 9.17) is 5.73 Å². The molecule has 29 heavy (non-hydrogen) atoms. The first-order chi connectivity index (χ1) is 13.5. The van der Waals surface area contributed by atoms with Gasteiger partial charge in [-0.3, -0.25) is 4.99 Å². The molecule has 0 aromatic carbocycles. The number of guanidine groups is 1. The summed E-state index contributed by atoms with van der Waals surface area (Å²) >= 11 is 0. The Morgan fingerprint density at radius 3 is 2.45 bits per heavy atom. The Labute approximate surface area is 167 Å². The van der Waals surface area contributed by atoms with Crippen LogP contribution in [0.4, 0.5) is 17.6 Å². The van der Waals surface area contributed by atoms with Crippen molar-refractivity contribution in [1.82, 2.24) is 16.0 Å². The number of rotatable bonds is 5. The number of halogens is 4. The van der Waals surface area contributed by atoms with Gasteiger partial charge in [0, 0.05) is 31.7 Å². The normalized spacial score (nSPS) is 31.3. The largest absolute Gasteiger partial charge is 0.369 e. The minimum absolute atomic E-state index is 0.123. The molecule has 2 aliphatic carbocycles. The molecule has 11 heteroatoms. The maximum atomic E-state index is 13.4. The van der Waals surface area contributed by atoms with Gasteiger partial charge in [-0.15, -0.1) is 0 Å². The van der Waals surface area contributed by atoms with Crippen LogP contribution in [0.3, 0.4) is 0 Å². The molecule has 3 unspecified atom stereocenters. The highest BCUT2D eigenvalue weighted by molar-refractivity contribution is 6.01. The Bertz CT molecular complexity index is 732. The van der Waals surface area contributed by atoms with E-state index in [-0.39, 0.29) is 44.1 Å². The lowest BCUT2D eigenvalue weighted by molar-refractivity contribution is 0.00678. The summed E-state index contributed by atoms with van der Waals surface area (Å²) in [7, 11) is 0. The van der Waals surface area contributed by atoms with Gasteiger partial charge >= 0.3 is 0 Å². The molecule has 3 atom stereocenters. The topological polar surface area (TPSA) is 99.2 Å². The zero-order chi connectivity index (χ0) is 21.2. The van der Waals surface area contributed by atoms with Crippen LogP contribution in [0.1, 0.15) is 45.4 Å². The van der Waals surface area contributed by atoms with Gasteiger partial charge in [0.05, 0.1) is 24.2 Å². The van der Waals surface area contributed by atoms with E-state index in [0.717, 1.165) is 0 Å². The minimum atomic E-state index is -2.72. The van der Waals surface area contributed by atoms with Gasteiger partial charge in [-0.2, -0.15) is 4.99 Å². The first kappa shape index (κ1) is 21.4. The predicted octanol–water partition coefficient (Wildman–Crippen LogP) is 2.12. The molecule has 2 fully saturated rings. The molecule has 0 radical (unpaired) electrons. The molecular weight excluding hydrogens is 390 g/mol. The molecule has 0 amide bonds. The smallest absolute Gasteiger partial charge is 0.250 e. The zero-order valence-electron chi connectivity index (χ0n) is 16.3. The average molecular weight is 417 g/mol. The summed E-state index contributed by atoms with van der Waals surface area (Å²) in [4.78, 5) is 12.6. The van der Waals surface area contributed by atoms with Crippen molar-refractivity contribution in [1.29, 1.82) is 0 Å². The molecule has 7 nitrogen and oxygen atoms in total. The summed E-state index contributed by atoms with van der Waals surface area (Å²) in [6, 6.07) is -1.31. The highest BCUT2D eigenvalue weighted by Gasteiger charge is 2.40. The monoisotopic (exact) mass is 417 g/mol. The standard InChI is InChI=1S/C18H27F4N7/c1-10-24-9-14(26-10)15(27-11(2)25-12-3-5-17(19,20)7-12)29-16(23)28-13-4-6-18(21,22)8-13/h12-14,25H,2-9H2,1H3,(H,24,26)(H3,23,27,28,29). The zero-order valence-corrected chi connectivity index (χ0v) is 16.3. The van der Waals surface area contributed by atoms with Crippen LogP contribution in [0, 0.1) is 0 Å². The van der Waals surface area contributed by atoms with E-state index in [1.54, 1.807) is 6.92 Å². The lowest BCUT2D eigenvalue weighted by Crippen LogP contribution is -2.47. The number of hydrogen-bond acceptors (Lipinski definition) is 4. The number of alkyl halides is 4. The van der Waals surface area contributed by atoms with E-state index in [9.17, 15) is 17.6 Å². The lowest BCUT2D eigenvalue weighted by atomic mass is 10.2. The second kappa shape index (κ2) is 8.19. The quantitative estimate of drug-likeness (QED) is 0.313. The average Bonchev–Trinajstić information content (AvgIpc) is 3.26. The summed E-state index contributed by atoms with van der Waals surface area (Å²) < 4.78 is 53.5. The molecule has 0 aromatic heterocycles. The Hall–Kier alpha value is -2.33. The molecule has 0 spiro atoms. The minimum Gasteiger partial charge on any atom is -0.369 e. The number of nitrogens with two attached hydrogens (primary N) is 1. The van der Waals surface area contributed by atoms with E-state index in [1.807, 2.05) is 0 Å². The summed E-state index contributed by atoms with van der Waals surface area (Å²) in [6.07, 6.45) is -0.401. The maximum Gasteiger partial charge on any atom is 0.250 e. The van der Waals surface area contributed by atoms with E-state index in [2.05, 4.69) is 37.5 Å². The molecule has 2 saturated carbocycles. The Kier molecular flexibility index (Phi) is 6.04. The molecule has 5 N–H and O–H groups in total. The van der Waals surface area contributed by atoms with Crippen molar-refractivity contribution in [3.63, 3.8) is 0 Å². The van der Waals surface area contributed by atoms with Crippen LogP contribution in [0.15, 0.2) is 27.4 Å². The Morgan fingerprint density at radius 1 is 1.21 bits per heavy atom. The van der Waals surface area contributed by atoms with Gasteiger partial charge in [0.15, 0.2) is 0 Å². The van der Waals surface area contributed by atoms with E-state index < -0.39 is 23.9 Å². The van der Waals surface area contributed by atoms with E-state index >= 15 is 0 Å². The third-order valence-corrected chi connectivity index (χ3v) is 5.21. The number of hydrogen-bond donors (Lipinski definition) is 4. The van der Waals surface area contributed by atoms with Crippen molar-refractivity contribution in [3.05, 3.63) is 12.4 Å². The van der Waals surface area contributed by atoms with Gasteiger partial charge < -0.3 is 21.7 Å². The molecule has 0 bridgehead atoms. The third kappa shape index (κ3) is 6.07. The SMILES string of the molecule is C=C(NC(=NC(N)=NC1CCC(F)(F)C1)C1CN=C(C)N1)NC1CCC(F)(F)C1. The van der Waals surface area contributed by atoms with Gasteiger partial charge in [-0.25, -0.2) is 22.6 Å². The summed E-state index contributed by atoms with van der Waals surface area (Å²) in [6.45, 7) is 6.02. The summed E-state index contributed by atoms with van der Waals surface area (Å²) in [5, 5.41) is 9.02. The van der Waals surface area contributed by atoms with Crippen molar-refractivity contribution in [2.24, 2.45) is 20.7 Å². The third-order valence-electron chi connectivity index (χ3n) is 5.21. The Morgan fingerprint density at radius 2 is 1.90 bits per heavy atom. The van der Waals surface area contributed by atoms with Crippen molar-refractivity contribution in [2.45, 2.75) is 75.4 Å². The number of aliphatic imine (C=N–C) groups is 3. The first-order valence-corrected chi connectivity index (χ1v) is 9.69. The Balaban J connectivity index is 1.66. The van der Waals surface area contributed by atoms with Crippen LogP contribution in [0.2, 0.25) is 0 Å².